The molecule has 6 atom stereocenters. The molecule has 0 aliphatic carbocycles. The van der Waals surface area contributed by atoms with E-state index in [9.17, 15) is 59.0 Å². The van der Waals surface area contributed by atoms with E-state index in [1.165, 1.54) is 25.1 Å². The summed E-state index contributed by atoms with van der Waals surface area (Å²) < 4.78 is 0. The number of carboxylic acid groups (broad SMARTS) is 1. The molecule has 0 aliphatic rings. The van der Waals surface area contributed by atoms with Gasteiger partial charge in [-0.2, -0.15) is 0 Å². The molecule has 3 aromatic carbocycles. The first-order chi connectivity index (χ1) is 26.4. The zero-order valence-electron chi connectivity index (χ0n) is 30.1. The normalized spacial score (nSPS) is 14.0. The van der Waals surface area contributed by atoms with Gasteiger partial charge in [0, 0.05) is 24.6 Å². The Balaban J connectivity index is 1.80. The number of carbonyl (C=O) groups is 7. The highest BCUT2D eigenvalue weighted by atomic mass is 16.6. The highest BCUT2D eigenvalue weighted by molar-refractivity contribution is 6.02. The number of nitrogens with two attached hydrogens (primary N) is 2. The van der Waals surface area contributed by atoms with Crippen molar-refractivity contribution in [1.82, 2.24) is 26.6 Å². The van der Waals surface area contributed by atoms with Crippen molar-refractivity contribution in [2.75, 3.05) is 5.73 Å². The van der Waals surface area contributed by atoms with Gasteiger partial charge >= 0.3 is 11.7 Å². The van der Waals surface area contributed by atoms with Gasteiger partial charge in [0.05, 0.1) is 23.0 Å². The van der Waals surface area contributed by atoms with Crippen molar-refractivity contribution < 1.29 is 53.8 Å². The van der Waals surface area contributed by atoms with Gasteiger partial charge in [0.2, 0.25) is 29.5 Å². The molecule has 0 aliphatic heterocycles. The van der Waals surface area contributed by atoms with E-state index >= 15 is 0 Å². The Morgan fingerprint density at radius 2 is 1.30 bits per heavy atom. The van der Waals surface area contributed by atoms with Crippen LogP contribution in [0.3, 0.4) is 0 Å². The zero-order chi connectivity index (χ0) is 41.7. The number of primary amides is 1. The molecule has 0 spiro atoms. The molecule has 298 valence electrons. The smallest absolute Gasteiger partial charge is 0.310 e. The highest BCUT2D eigenvalue weighted by Gasteiger charge is 2.35. The van der Waals surface area contributed by atoms with Crippen molar-refractivity contribution in [2.24, 2.45) is 5.73 Å². The maximum atomic E-state index is 13.7. The molecule has 0 radical (unpaired) electrons. The second kappa shape index (κ2) is 19.8. The number of carboxylic acids is 1. The number of nitrogens with zero attached hydrogens (tertiary/aromatic N) is 1. The Morgan fingerprint density at radius 1 is 0.732 bits per heavy atom. The second-order valence-corrected chi connectivity index (χ2v) is 12.7. The molecule has 6 amide bonds. The van der Waals surface area contributed by atoms with Gasteiger partial charge in [-0.15, -0.1) is 0 Å². The first-order valence-electron chi connectivity index (χ1n) is 16.9. The lowest BCUT2D eigenvalue weighted by molar-refractivity contribution is -0.385. The van der Waals surface area contributed by atoms with Crippen molar-refractivity contribution in [3.63, 3.8) is 0 Å². The van der Waals surface area contributed by atoms with Crippen LogP contribution >= 0.6 is 0 Å². The lowest BCUT2D eigenvalue weighted by Crippen LogP contribution is -2.61. The third-order valence-electron chi connectivity index (χ3n) is 8.27. The van der Waals surface area contributed by atoms with E-state index in [0.29, 0.717) is 5.56 Å². The molecule has 20 nitrogen and oxygen atoms in total. The fourth-order valence-corrected chi connectivity index (χ4v) is 5.28. The van der Waals surface area contributed by atoms with Crippen molar-refractivity contribution >= 4 is 52.8 Å². The van der Waals surface area contributed by atoms with Crippen molar-refractivity contribution in [1.29, 1.82) is 0 Å². The molecule has 3 aromatic rings. The van der Waals surface area contributed by atoms with E-state index in [0.717, 1.165) is 19.1 Å². The van der Waals surface area contributed by atoms with Crippen LogP contribution in [0.15, 0.2) is 72.8 Å². The van der Waals surface area contributed by atoms with Crippen LogP contribution in [0.2, 0.25) is 0 Å². The number of amides is 6. The van der Waals surface area contributed by atoms with Gasteiger partial charge in [-0.25, -0.2) is 0 Å². The number of carbonyl (C=O) groups excluding carboxylic acids is 6. The minimum absolute atomic E-state index is 0.0609. The van der Waals surface area contributed by atoms with Crippen LogP contribution in [0.25, 0.3) is 0 Å². The number of rotatable bonds is 19. The van der Waals surface area contributed by atoms with Gasteiger partial charge in [-0.1, -0.05) is 48.5 Å². The summed E-state index contributed by atoms with van der Waals surface area (Å²) in [7, 11) is 0. The molecular weight excluding hydrogens is 736 g/mol. The van der Waals surface area contributed by atoms with Gasteiger partial charge in [0.25, 0.3) is 5.91 Å². The number of aliphatic carboxylic acids is 1. The first-order valence-corrected chi connectivity index (χ1v) is 16.9. The summed E-state index contributed by atoms with van der Waals surface area (Å²) in [5.41, 5.74) is 11.5. The number of hydrogen-bond acceptors (Lipinski definition) is 12. The SMILES string of the molecule is C[C@H](NC(=O)c1ccccc1N)C(=O)N[C@@H](CC(=O)O)C(=O)N[C@H](C(=O)N[C@@H](Cc1ccccc1)C(=O)N[C@@H](Cc1ccc(O)c([N+](=O)[O-])c1)C(N)=O)[C@@H](C)O. The molecule has 56 heavy (non-hydrogen) atoms. The topological polar surface area (TPSA) is 336 Å². The molecular formula is C36H42N8O12. The standard InChI is InChI=1S/C36H42N8O12/c1-18(39-33(51)22-10-6-7-11-23(22)37)32(50)41-26(17-29(47)48)35(53)43-30(19(2)45)36(54)42-25(14-20-8-4-3-5-9-20)34(52)40-24(31(38)49)15-21-12-13-28(46)27(16-21)44(55)56/h3-13,16,18-19,24-26,30,45-46H,14-15,17,37H2,1-2H3,(H2,38,49)(H,39,51)(H,40,52)(H,41,50)(H,42,54)(H,43,53)(H,47,48)/t18-,19+,24-,25-,26-,30-/m0/s1. The summed E-state index contributed by atoms with van der Waals surface area (Å²) in [4.78, 5) is 101. The summed E-state index contributed by atoms with van der Waals surface area (Å²) in [5, 5.41) is 52.7. The van der Waals surface area contributed by atoms with Crippen molar-refractivity contribution in [3.8, 4) is 5.75 Å². The fraction of sp³-hybridized carbons (Fsp3) is 0.306. The molecule has 3 rings (SSSR count). The van der Waals surface area contributed by atoms with Crippen LogP contribution in [0.5, 0.6) is 5.75 Å². The summed E-state index contributed by atoms with van der Waals surface area (Å²) in [6.45, 7) is 2.39. The minimum Gasteiger partial charge on any atom is -0.502 e. The number of nitrogens with one attached hydrogen (secondary N) is 5. The number of nitro groups is 1. The van der Waals surface area contributed by atoms with Gasteiger partial charge in [-0.3, -0.25) is 43.7 Å². The third-order valence-corrected chi connectivity index (χ3v) is 8.27. The number of phenolic OH excluding ortho intramolecular Hbond substituents is 1. The molecule has 0 fully saturated rings. The fourth-order valence-electron chi connectivity index (χ4n) is 5.28. The number of nitrogen functional groups attached to an aromatic ring is 1. The van der Waals surface area contributed by atoms with Crippen LogP contribution in [-0.4, -0.2) is 98.0 Å². The minimum atomic E-state index is -1.83. The molecule has 20 heteroatoms. The summed E-state index contributed by atoms with van der Waals surface area (Å²) in [6.07, 6.45) is -3.17. The predicted molar refractivity (Wildman–Crippen MR) is 197 cm³/mol. The second-order valence-electron chi connectivity index (χ2n) is 12.7. The number of para-hydroxylation sites is 1. The Morgan fingerprint density at radius 3 is 1.89 bits per heavy atom. The van der Waals surface area contributed by atoms with E-state index in [1.807, 2.05) is 0 Å². The molecule has 12 N–H and O–H groups in total. The predicted octanol–water partition coefficient (Wildman–Crippen LogP) is -1.23. The van der Waals surface area contributed by atoms with E-state index < -0.39 is 101 Å². The quantitative estimate of drug-likeness (QED) is 0.0388. The van der Waals surface area contributed by atoms with Gasteiger partial charge in [0.1, 0.15) is 30.2 Å². The number of aliphatic hydroxyl groups is 1. The average molecular weight is 779 g/mol. The van der Waals surface area contributed by atoms with E-state index in [1.54, 1.807) is 42.5 Å². The number of hydrogen-bond donors (Lipinski definition) is 10. The largest absolute Gasteiger partial charge is 0.502 e. The molecule has 0 heterocycles. The average Bonchev–Trinajstić information content (AvgIpc) is 3.13. The van der Waals surface area contributed by atoms with E-state index in [-0.39, 0.29) is 29.7 Å². The van der Waals surface area contributed by atoms with Gasteiger partial charge in [-0.05, 0) is 43.2 Å². The molecule has 0 bridgehead atoms. The Hall–Kier alpha value is -7.09. The number of aromatic hydroxyl groups is 1. The Kier molecular flexibility index (Phi) is 15.3. The summed E-state index contributed by atoms with van der Waals surface area (Å²) in [5.74, 6) is -8.20. The number of benzene rings is 3. The van der Waals surface area contributed by atoms with Gasteiger partial charge < -0.3 is 53.4 Å². The van der Waals surface area contributed by atoms with Gasteiger partial charge in [0.15, 0.2) is 5.75 Å². The molecule has 0 unspecified atom stereocenters. The monoisotopic (exact) mass is 778 g/mol. The summed E-state index contributed by atoms with van der Waals surface area (Å²) >= 11 is 0. The van der Waals surface area contributed by atoms with Crippen LogP contribution in [0.4, 0.5) is 11.4 Å². The van der Waals surface area contributed by atoms with Crippen LogP contribution in [0, 0.1) is 10.1 Å². The molecule has 0 saturated heterocycles. The van der Waals surface area contributed by atoms with Crippen molar-refractivity contribution in [2.45, 2.75) is 69.4 Å². The van der Waals surface area contributed by atoms with Crippen LogP contribution in [-0.2, 0) is 41.6 Å². The Labute approximate surface area is 319 Å². The number of phenols is 1. The third kappa shape index (κ3) is 12.5. The van der Waals surface area contributed by atoms with Crippen molar-refractivity contribution in [3.05, 3.63) is 99.6 Å². The number of aliphatic hydroxyl groups excluding tert-OH is 1. The lowest BCUT2D eigenvalue weighted by Gasteiger charge is -2.27. The Bertz CT molecular complexity index is 1960. The maximum absolute atomic E-state index is 13.7. The number of anilines is 1. The molecule has 0 aromatic heterocycles. The lowest BCUT2D eigenvalue weighted by atomic mass is 10.0. The first kappa shape index (κ1) is 43.3. The zero-order valence-corrected chi connectivity index (χ0v) is 30.1. The maximum Gasteiger partial charge on any atom is 0.310 e. The summed E-state index contributed by atoms with van der Waals surface area (Å²) in [6, 6.07) is 9.66. The van der Waals surface area contributed by atoms with Crippen LogP contribution in [0.1, 0.15) is 41.8 Å². The van der Waals surface area contributed by atoms with Crippen LogP contribution < -0.4 is 38.1 Å². The molecule has 0 saturated carbocycles. The van der Waals surface area contributed by atoms with E-state index in [4.69, 9.17) is 11.5 Å². The highest BCUT2D eigenvalue weighted by Crippen LogP contribution is 2.26. The number of nitro benzene ring substituents is 1. The van der Waals surface area contributed by atoms with E-state index in [2.05, 4.69) is 26.6 Å².